The number of rotatable bonds is 12. The van der Waals surface area contributed by atoms with Gasteiger partial charge in [-0.25, -0.2) is 9.78 Å². The number of hydrogen-bond acceptors (Lipinski definition) is 6. The predicted molar refractivity (Wildman–Crippen MR) is 105 cm³/mol. The number of unbranched alkanes of at least 4 members (excludes halogenated alkanes) is 1. The first-order valence-electron chi connectivity index (χ1n) is 9.27. The Morgan fingerprint density at radius 3 is 2.70 bits per heavy atom. The Morgan fingerprint density at radius 2 is 2.00 bits per heavy atom. The van der Waals surface area contributed by atoms with Crippen molar-refractivity contribution in [2.75, 3.05) is 33.0 Å². The van der Waals surface area contributed by atoms with Crippen LogP contribution in [-0.2, 0) is 14.2 Å². The van der Waals surface area contributed by atoms with Gasteiger partial charge >= 0.3 is 6.09 Å². The van der Waals surface area contributed by atoms with E-state index in [1.807, 2.05) is 26.8 Å². The highest BCUT2D eigenvalue weighted by atomic mass is 16.6. The zero-order chi connectivity index (χ0) is 20.1. The molecule has 152 valence electrons. The number of hydrogen-bond donors (Lipinski definition) is 1. The van der Waals surface area contributed by atoms with E-state index in [9.17, 15) is 4.79 Å². The van der Waals surface area contributed by atoms with E-state index in [-0.39, 0.29) is 0 Å². The second-order valence-corrected chi connectivity index (χ2v) is 6.90. The fourth-order valence-electron chi connectivity index (χ4n) is 1.93. The highest BCUT2D eigenvalue weighted by molar-refractivity contribution is 5.67. The molecule has 1 N–H and O–H groups in total. The van der Waals surface area contributed by atoms with Crippen LogP contribution in [0.5, 0.6) is 5.88 Å². The SMILES string of the molecule is C=C(OCCCC)c1ccnc(OCCOCCNC(=O)OC(C)(C)C)c1. The Labute approximate surface area is 162 Å². The van der Waals surface area contributed by atoms with Crippen LogP contribution in [0.15, 0.2) is 24.9 Å². The molecule has 0 radical (unpaired) electrons. The van der Waals surface area contributed by atoms with E-state index in [1.54, 1.807) is 12.3 Å². The molecule has 0 aromatic carbocycles. The van der Waals surface area contributed by atoms with Crippen molar-refractivity contribution >= 4 is 11.9 Å². The molecule has 1 aromatic heterocycles. The van der Waals surface area contributed by atoms with E-state index in [0.717, 1.165) is 18.4 Å². The number of alkyl carbamates (subject to hydrolysis) is 1. The summed E-state index contributed by atoms with van der Waals surface area (Å²) in [5.41, 5.74) is 0.339. The summed E-state index contributed by atoms with van der Waals surface area (Å²) >= 11 is 0. The smallest absolute Gasteiger partial charge is 0.407 e. The van der Waals surface area contributed by atoms with Gasteiger partial charge in [-0.1, -0.05) is 19.9 Å². The summed E-state index contributed by atoms with van der Waals surface area (Å²) < 4.78 is 21.7. The van der Waals surface area contributed by atoms with Crippen molar-refractivity contribution in [2.24, 2.45) is 0 Å². The van der Waals surface area contributed by atoms with Crippen molar-refractivity contribution in [3.8, 4) is 5.88 Å². The number of pyridine rings is 1. The molecule has 0 fully saturated rings. The minimum atomic E-state index is -0.507. The van der Waals surface area contributed by atoms with Crippen LogP contribution in [0.2, 0.25) is 0 Å². The van der Waals surface area contributed by atoms with Gasteiger partial charge < -0.3 is 24.3 Å². The van der Waals surface area contributed by atoms with Gasteiger partial charge in [-0.2, -0.15) is 0 Å². The average Bonchev–Trinajstić information content (AvgIpc) is 2.59. The maximum absolute atomic E-state index is 11.5. The maximum Gasteiger partial charge on any atom is 0.407 e. The number of nitrogens with zero attached hydrogens (tertiary/aromatic N) is 1. The van der Waals surface area contributed by atoms with Crippen molar-refractivity contribution in [3.05, 3.63) is 30.5 Å². The van der Waals surface area contributed by atoms with E-state index in [1.165, 1.54) is 0 Å². The van der Waals surface area contributed by atoms with Crippen LogP contribution in [-0.4, -0.2) is 49.7 Å². The third-order valence-electron chi connectivity index (χ3n) is 3.22. The highest BCUT2D eigenvalue weighted by Gasteiger charge is 2.15. The Bertz CT molecular complexity index is 584. The summed E-state index contributed by atoms with van der Waals surface area (Å²) in [6.07, 6.45) is 3.27. The summed E-state index contributed by atoms with van der Waals surface area (Å²) in [6.45, 7) is 13.6. The number of ether oxygens (including phenoxy) is 4. The molecule has 27 heavy (non-hydrogen) atoms. The van der Waals surface area contributed by atoms with Gasteiger partial charge in [-0.05, 0) is 33.3 Å². The molecule has 0 aliphatic carbocycles. The lowest BCUT2D eigenvalue weighted by atomic mass is 10.2. The molecule has 0 spiro atoms. The first-order valence-corrected chi connectivity index (χ1v) is 9.27. The predicted octanol–water partition coefficient (Wildman–Crippen LogP) is 3.79. The fourth-order valence-corrected chi connectivity index (χ4v) is 1.93. The molecule has 0 aliphatic rings. The molecular weight excluding hydrogens is 348 g/mol. The lowest BCUT2D eigenvalue weighted by molar-refractivity contribution is 0.0488. The first-order chi connectivity index (χ1) is 12.8. The number of amides is 1. The molecule has 0 atom stereocenters. The molecule has 1 heterocycles. The standard InChI is InChI=1S/C20H32N2O5/c1-6-7-11-25-16(2)17-8-9-21-18(15-17)26-14-13-24-12-10-22-19(23)27-20(3,4)5/h8-9,15H,2,6-7,10-14H2,1,3-5H3,(H,22,23). The summed E-state index contributed by atoms with van der Waals surface area (Å²) in [7, 11) is 0. The summed E-state index contributed by atoms with van der Waals surface area (Å²) in [5.74, 6) is 1.10. The minimum Gasteiger partial charge on any atom is -0.494 e. The largest absolute Gasteiger partial charge is 0.494 e. The van der Waals surface area contributed by atoms with Crippen molar-refractivity contribution in [1.29, 1.82) is 0 Å². The zero-order valence-corrected chi connectivity index (χ0v) is 16.9. The quantitative estimate of drug-likeness (QED) is 0.439. The first kappa shape index (κ1) is 22.8. The van der Waals surface area contributed by atoms with Gasteiger partial charge in [0.05, 0.1) is 19.8 Å². The molecule has 7 heteroatoms. The Kier molecular flexibility index (Phi) is 10.3. The van der Waals surface area contributed by atoms with Gasteiger partial charge in [0.1, 0.15) is 18.0 Å². The number of aromatic nitrogens is 1. The summed E-state index contributed by atoms with van der Waals surface area (Å²) in [4.78, 5) is 15.6. The van der Waals surface area contributed by atoms with Gasteiger partial charge in [-0.15, -0.1) is 0 Å². The molecule has 0 saturated carbocycles. The van der Waals surface area contributed by atoms with Crippen LogP contribution in [0.4, 0.5) is 4.79 Å². The average molecular weight is 380 g/mol. The van der Waals surface area contributed by atoms with Crippen LogP contribution in [0.3, 0.4) is 0 Å². The second kappa shape index (κ2) is 12.2. The van der Waals surface area contributed by atoms with Gasteiger partial charge in [0.15, 0.2) is 0 Å². The molecule has 1 rings (SSSR count). The molecule has 0 aliphatic heterocycles. The van der Waals surface area contributed by atoms with E-state index in [4.69, 9.17) is 18.9 Å². The van der Waals surface area contributed by atoms with Crippen LogP contribution in [0, 0.1) is 0 Å². The van der Waals surface area contributed by atoms with E-state index in [2.05, 4.69) is 23.8 Å². The fraction of sp³-hybridized carbons (Fsp3) is 0.600. The molecule has 7 nitrogen and oxygen atoms in total. The summed E-state index contributed by atoms with van der Waals surface area (Å²) in [5, 5.41) is 2.63. The van der Waals surface area contributed by atoms with Crippen LogP contribution in [0.1, 0.15) is 46.1 Å². The number of nitrogens with one attached hydrogen (secondary N) is 1. The topological polar surface area (TPSA) is 78.9 Å². The molecule has 1 aromatic rings. The monoisotopic (exact) mass is 380 g/mol. The van der Waals surface area contributed by atoms with Gasteiger partial charge in [0.2, 0.25) is 5.88 Å². The minimum absolute atomic E-state index is 0.353. The number of carbonyl (C=O) groups excluding carboxylic acids is 1. The second-order valence-electron chi connectivity index (χ2n) is 6.90. The lowest BCUT2D eigenvalue weighted by Crippen LogP contribution is -2.34. The van der Waals surface area contributed by atoms with E-state index >= 15 is 0 Å². The normalized spacial score (nSPS) is 11.0. The molecular formula is C20H32N2O5. The van der Waals surface area contributed by atoms with E-state index < -0.39 is 11.7 Å². The third kappa shape index (κ3) is 11.1. The van der Waals surface area contributed by atoms with Crippen molar-refractivity contribution in [2.45, 2.75) is 46.1 Å². The molecule has 0 bridgehead atoms. The Balaban J connectivity index is 2.19. The van der Waals surface area contributed by atoms with Crippen molar-refractivity contribution in [1.82, 2.24) is 10.3 Å². The van der Waals surface area contributed by atoms with Gasteiger partial charge in [0.25, 0.3) is 0 Å². The van der Waals surface area contributed by atoms with E-state index in [0.29, 0.717) is 44.6 Å². The van der Waals surface area contributed by atoms with Gasteiger partial charge in [0, 0.05) is 24.4 Å². The van der Waals surface area contributed by atoms with Crippen LogP contribution in [0.25, 0.3) is 5.76 Å². The van der Waals surface area contributed by atoms with Crippen LogP contribution >= 0.6 is 0 Å². The molecule has 0 unspecified atom stereocenters. The molecule has 0 saturated heterocycles. The summed E-state index contributed by atoms with van der Waals surface area (Å²) in [6, 6.07) is 3.62. The van der Waals surface area contributed by atoms with Crippen molar-refractivity contribution < 1.29 is 23.7 Å². The van der Waals surface area contributed by atoms with Gasteiger partial charge in [-0.3, -0.25) is 0 Å². The lowest BCUT2D eigenvalue weighted by Gasteiger charge is -2.19. The maximum atomic E-state index is 11.5. The third-order valence-corrected chi connectivity index (χ3v) is 3.22. The molecule has 1 amide bonds. The highest BCUT2D eigenvalue weighted by Crippen LogP contribution is 2.18. The number of carbonyl (C=O) groups is 1. The van der Waals surface area contributed by atoms with Crippen LogP contribution < -0.4 is 10.1 Å². The Hall–Kier alpha value is -2.28. The Morgan fingerprint density at radius 1 is 1.22 bits per heavy atom. The zero-order valence-electron chi connectivity index (χ0n) is 16.9. The van der Waals surface area contributed by atoms with Crippen molar-refractivity contribution in [3.63, 3.8) is 0 Å².